The number of carbonyl (C=O) groups excluding carboxylic acids is 1. The molecule has 13 heavy (non-hydrogen) atoms. The Balaban J connectivity index is 2.93. The fraction of sp³-hybridized carbons (Fsp3) is 0.222. The van der Waals surface area contributed by atoms with Crippen LogP contribution in [0.1, 0.15) is 10.4 Å². The number of hydrogen-bond acceptors (Lipinski definition) is 2. The molecule has 0 bridgehead atoms. The third-order valence-corrected chi connectivity index (χ3v) is 3.52. The van der Waals surface area contributed by atoms with Crippen molar-refractivity contribution < 1.29 is 4.79 Å². The van der Waals surface area contributed by atoms with Crippen LogP contribution in [0.25, 0.3) is 0 Å². The highest BCUT2D eigenvalue weighted by Gasteiger charge is 2.33. The summed E-state index contributed by atoms with van der Waals surface area (Å²) in [6, 6.07) is 8.77. The Morgan fingerprint density at radius 3 is 2.31 bits per heavy atom. The average Bonchev–Trinajstić information content (AvgIpc) is 2.18. The summed E-state index contributed by atoms with van der Waals surface area (Å²) in [5, 5.41) is 0. The number of halogens is 2. The summed E-state index contributed by atoms with van der Waals surface area (Å²) in [6.07, 6.45) is 1.70. The number of hydrogen-bond donors (Lipinski definition) is 0. The van der Waals surface area contributed by atoms with Gasteiger partial charge in [-0.1, -0.05) is 53.5 Å². The Bertz CT molecular complexity index is 298. The summed E-state index contributed by atoms with van der Waals surface area (Å²) < 4.78 is -1.37. The number of Topliss-reactive ketones (excluding diaryl/α,β-unsaturated/α-hetero) is 1. The normalized spacial score (nSPS) is 11.3. The van der Waals surface area contributed by atoms with Gasteiger partial charge in [0, 0.05) is 5.56 Å². The zero-order valence-electron chi connectivity index (χ0n) is 6.96. The number of rotatable bonds is 3. The second-order valence-corrected chi connectivity index (χ2v) is 5.21. The Morgan fingerprint density at radius 1 is 1.31 bits per heavy atom. The minimum atomic E-state index is -1.37. The van der Waals surface area contributed by atoms with E-state index in [1.807, 2.05) is 6.07 Å². The lowest BCUT2D eigenvalue weighted by molar-refractivity contribution is 0.0998. The van der Waals surface area contributed by atoms with Gasteiger partial charge in [0.25, 0.3) is 0 Å². The van der Waals surface area contributed by atoms with Crippen molar-refractivity contribution in [2.45, 2.75) is 3.67 Å². The van der Waals surface area contributed by atoms with Gasteiger partial charge in [0.2, 0.25) is 9.45 Å². The van der Waals surface area contributed by atoms with Gasteiger partial charge in [-0.2, -0.15) is 0 Å². The molecule has 0 aromatic heterocycles. The molecule has 0 unspecified atom stereocenters. The topological polar surface area (TPSA) is 17.1 Å². The Morgan fingerprint density at radius 2 is 1.85 bits per heavy atom. The van der Waals surface area contributed by atoms with Crippen LogP contribution < -0.4 is 0 Å². The van der Waals surface area contributed by atoms with E-state index in [0.29, 0.717) is 5.56 Å². The quantitative estimate of drug-likeness (QED) is 0.590. The van der Waals surface area contributed by atoms with Crippen molar-refractivity contribution >= 4 is 40.7 Å². The predicted octanol–water partition coefficient (Wildman–Crippen LogP) is 3.36. The number of alkyl halides is 2. The molecule has 0 saturated heterocycles. The molecule has 0 heterocycles. The van der Waals surface area contributed by atoms with Crippen LogP contribution in [-0.4, -0.2) is 15.7 Å². The molecule has 0 amide bonds. The second-order valence-electron chi connectivity index (χ2n) is 2.42. The largest absolute Gasteiger partial charge is 0.290 e. The lowest BCUT2D eigenvalue weighted by Gasteiger charge is -2.14. The van der Waals surface area contributed by atoms with Gasteiger partial charge in [-0.3, -0.25) is 4.79 Å². The van der Waals surface area contributed by atoms with Crippen LogP contribution in [-0.2, 0) is 0 Å². The summed E-state index contributed by atoms with van der Waals surface area (Å²) in [5.41, 5.74) is 0.529. The van der Waals surface area contributed by atoms with Gasteiger partial charge in [0.05, 0.1) is 0 Å². The van der Waals surface area contributed by atoms with Gasteiger partial charge >= 0.3 is 0 Å². The van der Waals surface area contributed by atoms with Crippen LogP contribution >= 0.6 is 35.0 Å². The Hall–Kier alpha value is -0.180. The van der Waals surface area contributed by atoms with Crippen molar-refractivity contribution in [1.82, 2.24) is 0 Å². The third kappa shape index (κ3) is 2.63. The first-order chi connectivity index (χ1) is 6.08. The second kappa shape index (κ2) is 4.36. The SMILES string of the molecule is CSC(Cl)(Cl)C(=O)c1ccccc1. The molecule has 0 aliphatic carbocycles. The zero-order chi connectivity index (χ0) is 9.90. The first kappa shape index (κ1) is 10.9. The fourth-order valence-corrected chi connectivity index (χ4v) is 1.37. The van der Waals surface area contributed by atoms with Crippen LogP contribution in [0.2, 0.25) is 0 Å². The van der Waals surface area contributed by atoms with Crippen LogP contribution in [0, 0.1) is 0 Å². The standard InChI is InChI=1S/C9H8Cl2OS/c1-13-9(10,11)8(12)7-5-3-2-4-6-7/h2-6H,1H3. The maximum atomic E-state index is 11.6. The van der Waals surface area contributed by atoms with E-state index in [1.54, 1.807) is 30.5 Å². The monoisotopic (exact) mass is 234 g/mol. The minimum absolute atomic E-state index is 0.274. The third-order valence-electron chi connectivity index (χ3n) is 1.56. The minimum Gasteiger partial charge on any atom is -0.290 e. The van der Waals surface area contributed by atoms with E-state index < -0.39 is 3.67 Å². The average molecular weight is 235 g/mol. The lowest BCUT2D eigenvalue weighted by atomic mass is 10.1. The lowest BCUT2D eigenvalue weighted by Crippen LogP contribution is -2.21. The van der Waals surface area contributed by atoms with Crippen molar-refractivity contribution in [2.75, 3.05) is 6.26 Å². The first-order valence-electron chi connectivity index (χ1n) is 3.61. The molecule has 0 N–H and O–H groups in total. The highest BCUT2D eigenvalue weighted by Crippen LogP contribution is 2.35. The van der Waals surface area contributed by atoms with E-state index in [2.05, 4.69) is 0 Å². The van der Waals surface area contributed by atoms with Crippen molar-refractivity contribution in [2.24, 2.45) is 0 Å². The Labute approximate surface area is 91.4 Å². The van der Waals surface area contributed by atoms with Gasteiger partial charge in [-0.15, -0.1) is 11.8 Å². The molecule has 1 aromatic carbocycles. The molecule has 0 spiro atoms. The number of benzene rings is 1. The zero-order valence-corrected chi connectivity index (χ0v) is 9.29. The summed E-state index contributed by atoms with van der Waals surface area (Å²) >= 11 is 12.7. The molecule has 70 valence electrons. The molecule has 1 nitrogen and oxygen atoms in total. The van der Waals surface area contributed by atoms with Crippen LogP contribution in [0.4, 0.5) is 0 Å². The maximum Gasteiger partial charge on any atom is 0.225 e. The molecule has 1 rings (SSSR count). The van der Waals surface area contributed by atoms with Crippen LogP contribution in [0.15, 0.2) is 30.3 Å². The molecule has 0 fully saturated rings. The smallest absolute Gasteiger partial charge is 0.225 e. The van der Waals surface area contributed by atoms with Crippen LogP contribution in [0.5, 0.6) is 0 Å². The first-order valence-corrected chi connectivity index (χ1v) is 5.59. The maximum absolute atomic E-state index is 11.6. The van der Waals surface area contributed by atoms with Crippen LogP contribution in [0.3, 0.4) is 0 Å². The van der Waals surface area contributed by atoms with Gasteiger partial charge in [0.1, 0.15) is 0 Å². The van der Waals surface area contributed by atoms with Crippen molar-refractivity contribution in [1.29, 1.82) is 0 Å². The molecule has 4 heteroatoms. The molecule has 1 aromatic rings. The van der Waals surface area contributed by atoms with Gasteiger partial charge in [-0.25, -0.2) is 0 Å². The van der Waals surface area contributed by atoms with Crippen molar-refractivity contribution in [3.05, 3.63) is 35.9 Å². The van der Waals surface area contributed by atoms with E-state index in [9.17, 15) is 4.79 Å². The molecule has 0 saturated carbocycles. The molecule has 0 radical (unpaired) electrons. The molecular formula is C9H8Cl2OS. The van der Waals surface area contributed by atoms with E-state index >= 15 is 0 Å². The fourth-order valence-electron chi connectivity index (χ4n) is 0.850. The van der Waals surface area contributed by atoms with E-state index in [1.165, 1.54) is 0 Å². The molecule has 0 aliphatic rings. The summed E-state index contributed by atoms with van der Waals surface area (Å²) in [7, 11) is 0. The summed E-state index contributed by atoms with van der Waals surface area (Å²) in [4.78, 5) is 11.6. The molecule has 0 atom stereocenters. The summed E-state index contributed by atoms with van der Waals surface area (Å²) in [6.45, 7) is 0. The van der Waals surface area contributed by atoms with Crippen molar-refractivity contribution in [3.63, 3.8) is 0 Å². The van der Waals surface area contributed by atoms with Crippen molar-refractivity contribution in [3.8, 4) is 0 Å². The number of thioether (sulfide) groups is 1. The number of carbonyl (C=O) groups is 1. The van der Waals surface area contributed by atoms with Gasteiger partial charge in [-0.05, 0) is 6.26 Å². The predicted molar refractivity (Wildman–Crippen MR) is 58.7 cm³/mol. The molecule has 0 aliphatic heterocycles. The number of ketones is 1. The van der Waals surface area contributed by atoms with E-state index in [-0.39, 0.29) is 5.78 Å². The van der Waals surface area contributed by atoms with Gasteiger partial charge < -0.3 is 0 Å². The van der Waals surface area contributed by atoms with Gasteiger partial charge in [0.15, 0.2) is 0 Å². The highest BCUT2D eigenvalue weighted by atomic mass is 35.5. The van der Waals surface area contributed by atoms with E-state index in [4.69, 9.17) is 23.2 Å². The highest BCUT2D eigenvalue weighted by molar-refractivity contribution is 8.03. The Kier molecular flexibility index (Phi) is 3.65. The summed E-state index contributed by atoms with van der Waals surface area (Å²) in [5.74, 6) is -0.274. The van der Waals surface area contributed by atoms with E-state index in [0.717, 1.165) is 11.8 Å². The molecular weight excluding hydrogens is 227 g/mol.